The van der Waals surface area contributed by atoms with Gasteiger partial charge < -0.3 is 16.4 Å². The van der Waals surface area contributed by atoms with Crippen LogP contribution in [0, 0.1) is 23.6 Å². The normalized spacial score (nSPS) is 25.8. The minimum atomic E-state index is -3.32. The number of rotatable bonds is 6. The molecule has 0 unspecified atom stereocenters. The lowest BCUT2D eigenvalue weighted by atomic mass is 9.88. The molecule has 4 atom stereocenters. The molecule has 2 bridgehead atoms. The van der Waals surface area contributed by atoms with Crippen LogP contribution in [-0.4, -0.2) is 43.1 Å². The lowest BCUT2D eigenvalue weighted by Gasteiger charge is -2.27. The first kappa shape index (κ1) is 20.7. The topological polar surface area (TPSA) is 130 Å². The molecule has 0 spiro atoms. The molecule has 1 aromatic carbocycles. The Morgan fingerprint density at radius 2 is 2.06 bits per heavy atom. The van der Waals surface area contributed by atoms with E-state index in [0.29, 0.717) is 24.3 Å². The fourth-order valence-corrected chi connectivity index (χ4v) is 5.97. The van der Waals surface area contributed by atoms with Gasteiger partial charge in [0.05, 0.1) is 24.1 Å². The number of allylic oxidation sites excluding steroid dienone is 1. The fraction of sp³-hybridized carbons (Fsp3) is 0.381. The number of benzene rings is 1. The van der Waals surface area contributed by atoms with Gasteiger partial charge in [0.25, 0.3) is 0 Å². The third kappa shape index (κ3) is 3.56. The van der Waals surface area contributed by atoms with E-state index in [9.17, 15) is 17.6 Å². The van der Waals surface area contributed by atoms with Gasteiger partial charge in [0.15, 0.2) is 11.6 Å². The molecule has 2 aromatic rings. The van der Waals surface area contributed by atoms with Gasteiger partial charge in [0.2, 0.25) is 21.9 Å². The van der Waals surface area contributed by atoms with E-state index in [1.807, 2.05) is 18.2 Å². The highest BCUT2D eigenvalue weighted by Gasteiger charge is 2.47. The molecule has 1 saturated carbocycles. The maximum Gasteiger partial charge on any atom is 0.232 e. The molecule has 3 aliphatic rings. The van der Waals surface area contributed by atoms with Crippen LogP contribution in [-0.2, 0) is 21.2 Å². The van der Waals surface area contributed by atoms with Crippen molar-refractivity contribution in [1.29, 1.82) is 0 Å². The Labute approximate surface area is 185 Å². The zero-order chi connectivity index (χ0) is 22.6. The predicted molar refractivity (Wildman–Crippen MR) is 118 cm³/mol. The molecule has 1 aromatic heterocycles. The van der Waals surface area contributed by atoms with Crippen LogP contribution in [0.4, 0.5) is 27.5 Å². The maximum absolute atomic E-state index is 14.5. The molecule has 1 aliphatic heterocycles. The first-order chi connectivity index (χ1) is 15.2. The van der Waals surface area contributed by atoms with Gasteiger partial charge >= 0.3 is 0 Å². The zero-order valence-corrected chi connectivity index (χ0v) is 18.1. The van der Waals surface area contributed by atoms with Crippen molar-refractivity contribution >= 4 is 39.1 Å². The number of carbonyl (C=O) groups is 1. The molecule has 4 N–H and O–H groups in total. The lowest BCUT2D eigenvalue weighted by molar-refractivity contribution is -0.122. The number of fused-ring (bicyclic) bond motifs is 3. The molecule has 5 rings (SSSR count). The summed E-state index contributed by atoms with van der Waals surface area (Å²) in [5.74, 6) is -1.10. The van der Waals surface area contributed by atoms with Crippen LogP contribution >= 0.6 is 0 Å². The summed E-state index contributed by atoms with van der Waals surface area (Å²) in [6.45, 7) is 0.401. The fourth-order valence-electron chi connectivity index (χ4n) is 5.02. The van der Waals surface area contributed by atoms with E-state index in [1.54, 1.807) is 12.1 Å². The molecule has 0 radical (unpaired) electrons. The quantitative estimate of drug-likeness (QED) is 0.563. The number of hydrogen-bond donors (Lipinski definition) is 3. The Hall–Kier alpha value is -3.21. The maximum atomic E-state index is 14.5. The van der Waals surface area contributed by atoms with Crippen molar-refractivity contribution in [3.8, 4) is 0 Å². The van der Waals surface area contributed by atoms with Crippen molar-refractivity contribution < 1.29 is 17.6 Å². The monoisotopic (exact) mass is 458 g/mol. The SMILES string of the molecule is CS(=O)(=O)N1CCc2cc(Nc3ncc(F)c(N[C@H]4[C@@H](C(N)=O)[C@@H]5C=C[C@H]4C5)n3)ccc21. The van der Waals surface area contributed by atoms with Gasteiger partial charge in [-0.2, -0.15) is 4.98 Å². The summed E-state index contributed by atoms with van der Waals surface area (Å²) in [6.07, 6.45) is 7.69. The number of nitrogens with two attached hydrogens (primary N) is 1. The highest BCUT2D eigenvalue weighted by Crippen LogP contribution is 2.45. The van der Waals surface area contributed by atoms with Gasteiger partial charge in [-0.25, -0.2) is 17.8 Å². The Morgan fingerprint density at radius 1 is 1.28 bits per heavy atom. The number of hydrogen-bond acceptors (Lipinski definition) is 7. The number of primary amides is 1. The van der Waals surface area contributed by atoms with Crippen LogP contribution in [0.1, 0.15) is 12.0 Å². The average molecular weight is 459 g/mol. The highest BCUT2D eigenvalue weighted by atomic mass is 32.2. The third-order valence-corrected chi connectivity index (χ3v) is 7.60. The molecular weight excluding hydrogens is 435 g/mol. The van der Waals surface area contributed by atoms with Crippen LogP contribution in [0.3, 0.4) is 0 Å². The number of nitrogens with zero attached hydrogens (tertiary/aromatic N) is 3. The summed E-state index contributed by atoms with van der Waals surface area (Å²) in [5, 5.41) is 6.12. The summed E-state index contributed by atoms with van der Waals surface area (Å²) in [4.78, 5) is 20.2. The Balaban J connectivity index is 1.36. The van der Waals surface area contributed by atoms with E-state index >= 15 is 0 Å². The summed E-state index contributed by atoms with van der Waals surface area (Å²) in [6, 6.07) is 4.98. The number of halogens is 1. The number of anilines is 4. The molecule has 11 heteroatoms. The van der Waals surface area contributed by atoms with Crippen LogP contribution in [0.2, 0.25) is 0 Å². The van der Waals surface area contributed by atoms with Crippen molar-refractivity contribution in [2.24, 2.45) is 23.5 Å². The van der Waals surface area contributed by atoms with Crippen molar-refractivity contribution in [1.82, 2.24) is 9.97 Å². The lowest BCUT2D eigenvalue weighted by Crippen LogP contribution is -2.41. The van der Waals surface area contributed by atoms with Crippen molar-refractivity contribution in [2.75, 3.05) is 27.7 Å². The minimum absolute atomic E-state index is 0.00381. The Morgan fingerprint density at radius 3 is 2.81 bits per heavy atom. The van der Waals surface area contributed by atoms with Gasteiger partial charge in [-0.3, -0.25) is 9.10 Å². The van der Waals surface area contributed by atoms with E-state index in [0.717, 1.165) is 18.2 Å². The number of carbonyl (C=O) groups excluding carboxylic acids is 1. The summed E-state index contributed by atoms with van der Waals surface area (Å²) >= 11 is 0. The molecule has 32 heavy (non-hydrogen) atoms. The van der Waals surface area contributed by atoms with Crippen molar-refractivity contribution in [2.45, 2.75) is 18.9 Å². The second-order valence-electron chi connectivity index (χ2n) is 8.49. The second-order valence-corrected chi connectivity index (χ2v) is 10.4. The van der Waals surface area contributed by atoms with Gasteiger partial charge in [-0.05, 0) is 48.4 Å². The number of sulfonamides is 1. The summed E-state index contributed by atoms with van der Waals surface area (Å²) in [7, 11) is -3.32. The second kappa shape index (κ2) is 7.44. The van der Waals surface area contributed by atoms with Crippen LogP contribution < -0.4 is 20.7 Å². The van der Waals surface area contributed by atoms with Crippen molar-refractivity contribution in [3.63, 3.8) is 0 Å². The molecule has 9 nitrogen and oxygen atoms in total. The van der Waals surface area contributed by atoms with Gasteiger partial charge in [0.1, 0.15) is 0 Å². The van der Waals surface area contributed by atoms with Crippen LogP contribution in [0.25, 0.3) is 0 Å². The van der Waals surface area contributed by atoms with Gasteiger partial charge in [0, 0.05) is 18.3 Å². The van der Waals surface area contributed by atoms with E-state index in [-0.39, 0.29) is 29.6 Å². The largest absolute Gasteiger partial charge is 0.369 e. The molecule has 0 saturated heterocycles. The predicted octanol–water partition coefficient (Wildman–Crippen LogP) is 1.77. The molecule has 1 fully saturated rings. The van der Waals surface area contributed by atoms with E-state index in [2.05, 4.69) is 20.6 Å². The summed E-state index contributed by atoms with van der Waals surface area (Å²) in [5.41, 5.74) is 7.79. The standard InChI is InChI=1S/C21H23FN6O3S/c1-32(30,31)28-7-6-11-9-14(4-5-16(11)28)25-21-24-10-15(22)20(27-21)26-18-13-3-2-12(8-13)17(18)19(23)29/h2-5,9-10,12-13,17-18H,6-8H2,1H3,(H2,23,29)(H2,24,25,26,27)/t12-,13+,17+,18-/m1/s1. The van der Waals surface area contributed by atoms with Crippen LogP contribution in [0.15, 0.2) is 36.5 Å². The van der Waals surface area contributed by atoms with Crippen molar-refractivity contribution in [3.05, 3.63) is 47.9 Å². The Bertz CT molecular complexity index is 1230. The average Bonchev–Trinajstić information content (AvgIpc) is 3.44. The highest BCUT2D eigenvalue weighted by molar-refractivity contribution is 7.92. The first-order valence-electron chi connectivity index (χ1n) is 10.3. The van der Waals surface area contributed by atoms with Crippen LogP contribution in [0.5, 0.6) is 0 Å². The third-order valence-electron chi connectivity index (χ3n) is 6.42. The number of amides is 1. The molecule has 2 aliphatic carbocycles. The smallest absolute Gasteiger partial charge is 0.232 e. The summed E-state index contributed by atoms with van der Waals surface area (Å²) < 4.78 is 39.7. The minimum Gasteiger partial charge on any atom is -0.369 e. The molecule has 2 heterocycles. The number of aromatic nitrogens is 2. The number of nitrogens with one attached hydrogen (secondary N) is 2. The van der Waals surface area contributed by atoms with E-state index in [1.165, 1.54) is 10.6 Å². The Kier molecular flexibility index (Phi) is 4.81. The first-order valence-corrected chi connectivity index (χ1v) is 12.2. The van der Waals surface area contributed by atoms with Gasteiger partial charge in [-0.15, -0.1) is 0 Å². The van der Waals surface area contributed by atoms with E-state index < -0.39 is 27.7 Å². The molecule has 1 amide bonds. The molecular formula is C21H23FN6O3S. The van der Waals surface area contributed by atoms with E-state index in [4.69, 9.17) is 5.73 Å². The zero-order valence-electron chi connectivity index (χ0n) is 17.3. The molecule has 168 valence electrons. The van der Waals surface area contributed by atoms with Gasteiger partial charge in [-0.1, -0.05) is 12.2 Å².